The summed E-state index contributed by atoms with van der Waals surface area (Å²) in [6.45, 7) is 0. The first-order chi connectivity index (χ1) is 9.55. The number of hydrogen-bond acceptors (Lipinski definition) is 3. The minimum atomic E-state index is -3.42. The second-order valence-electron chi connectivity index (χ2n) is 6.86. The molecule has 0 spiro atoms. The Balaban J connectivity index is 1.64. The molecule has 20 heavy (non-hydrogen) atoms. The summed E-state index contributed by atoms with van der Waals surface area (Å²) >= 11 is 0. The van der Waals surface area contributed by atoms with E-state index in [0.717, 1.165) is 11.8 Å². The summed E-state index contributed by atoms with van der Waals surface area (Å²) in [4.78, 5) is 0. The average molecular weight is 295 g/mol. The van der Waals surface area contributed by atoms with Crippen molar-refractivity contribution in [2.24, 2.45) is 23.7 Å². The van der Waals surface area contributed by atoms with E-state index in [2.05, 4.69) is 10.2 Å². The molecule has 0 radical (unpaired) electrons. The van der Waals surface area contributed by atoms with Crippen LogP contribution in [0.3, 0.4) is 0 Å². The monoisotopic (exact) mass is 295 g/mol. The van der Waals surface area contributed by atoms with Crippen LogP contribution in [0.4, 0.5) is 0 Å². The number of aromatic nitrogens is 2. The summed E-state index contributed by atoms with van der Waals surface area (Å²) in [5, 5.41) is 6.59. The van der Waals surface area contributed by atoms with Gasteiger partial charge < -0.3 is 0 Å². The van der Waals surface area contributed by atoms with Crippen LogP contribution >= 0.6 is 0 Å². The lowest BCUT2D eigenvalue weighted by Gasteiger charge is -2.56. The molecule has 0 unspecified atom stereocenters. The van der Waals surface area contributed by atoms with Crippen molar-refractivity contribution in [3.8, 4) is 0 Å². The molecule has 5 rings (SSSR count). The Morgan fingerprint density at radius 1 is 1.15 bits per heavy atom. The molecule has 0 aromatic carbocycles. The van der Waals surface area contributed by atoms with Crippen molar-refractivity contribution in [3.05, 3.63) is 12.3 Å². The van der Waals surface area contributed by atoms with Crippen LogP contribution in [0.15, 0.2) is 17.3 Å². The third kappa shape index (κ3) is 1.77. The molecular formula is C14H21N3O2S. The van der Waals surface area contributed by atoms with Crippen LogP contribution in [0.5, 0.6) is 0 Å². The van der Waals surface area contributed by atoms with E-state index in [1.165, 1.54) is 38.3 Å². The minimum absolute atomic E-state index is 0.191. The van der Waals surface area contributed by atoms with Gasteiger partial charge in [0.15, 0.2) is 5.03 Å². The fraction of sp³-hybridized carbons (Fsp3) is 0.786. The molecule has 1 N–H and O–H groups in total. The van der Waals surface area contributed by atoms with Gasteiger partial charge in [0.25, 0.3) is 10.0 Å². The van der Waals surface area contributed by atoms with Crippen LogP contribution < -0.4 is 0 Å². The first-order valence-corrected chi connectivity index (χ1v) is 8.97. The first-order valence-electron chi connectivity index (χ1n) is 7.53. The highest BCUT2D eigenvalue weighted by molar-refractivity contribution is 7.89. The van der Waals surface area contributed by atoms with Gasteiger partial charge in [-0.05, 0) is 61.8 Å². The van der Waals surface area contributed by atoms with Gasteiger partial charge in [-0.3, -0.25) is 5.10 Å². The lowest BCUT2D eigenvalue weighted by Crippen LogP contribution is -2.56. The van der Waals surface area contributed by atoms with Crippen LogP contribution in [0.25, 0.3) is 0 Å². The fourth-order valence-electron chi connectivity index (χ4n) is 5.19. The molecule has 4 bridgehead atoms. The molecule has 4 fully saturated rings. The van der Waals surface area contributed by atoms with Gasteiger partial charge in [-0.1, -0.05) is 0 Å². The van der Waals surface area contributed by atoms with Gasteiger partial charge in [0.2, 0.25) is 0 Å². The SMILES string of the molecule is CN(C1C2CC3CC(C2)CC1C3)S(=O)(=O)c1ccn[nH]1. The highest BCUT2D eigenvalue weighted by atomic mass is 32.2. The van der Waals surface area contributed by atoms with Gasteiger partial charge in [0.05, 0.1) is 6.20 Å². The smallest absolute Gasteiger partial charge is 0.259 e. The van der Waals surface area contributed by atoms with E-state index >= 15 is 0 Å². The fourth-order valence-corrected chi connectivity index (χ4v) is 6.57. The predicted molar refractivity (Wildman–Crippen MR) is 74.4 cm³/mol. The molecule has 0 atom stereocenters. The molecule has 1 aromatic rings. The molecule has 0 saturated heterocycles. The van der Waals surface area contributed by atoms with Crippen molar-refractivity contribution in [1.82, 2.24) is 14.5 Å². The maximum Gasteiger partial charge on any atom is 0.259 e. The number of aromatic amines is 1. The minimum Gasteiger partial charge on any atom is -0.266 e. The van der Waals surface area contributed by atoms with Crippen LogP contribution in [0, 0.1) is 23.7 Å². The predicted octanol–water partition coefficient (Wildman–Crippen LogP) is 1.85. The normalized spacial score (nSPS) is 39.6. The highest BCUT2D eigenvalue weighted by Gasteiger charge is 2.51. The Kier molecular flexibility index (Phi) is 2.76. The third-order valence-corrected chi connectivity index (χ3v) is 7.51. The third-order valence-electron chi connectivity index (χ3n) is 5.73. The standard InChI is InChI=1S/C14H21N3O2S/c1-17(20(18,19)13-2-3-15-16-13)14-11-5-9-4-10(7-11)8-12(14)6-9/h2-3,9-12,14H,4-8H2,1H3,(H,15,16). The van der Waals surface area contributed by atoms with Crippen LogP contribution in [-0.4, -0.2) is 36.0 Å². The molecule has 0 amide bonds. The number of nitrogens with one attached hydrogen (secondary N) is 1. The van der Waals surface area contributed by atoms with Gasteiger partial charge in [0, 0.05) is 13.1 Å². The largest absolute Gasteiger partial charge is 0.266 e. The second kappa shape index (κ2) is 4.31. The van der Waals surface area contributed by atoms with Gasteiger partial charge in [-0.25, -0.2) is 8.42 Å². The van der Waals surface area contributed by atoms with E-state index in [1.807, 2.05) is 0 Å². The number of nitrogens with zero attached hydrogens (tertiary/aromatic N) is 2. The topological polar surface area (TPSA) is 66.1 Å². The summed E-state index contributed by atoms with van der Waals surface area (Å²) in [6, 6.07) is 1.73. The van der Waals surface area contributed by atoms with E-state index in [1.54, 1.807) is 17.4 Å². The van der Waals surface area contributed by atoms with Gasteiger partial charge >= 0.3 is 0 Å². The van der Waals surface area contributed by atoms with Gasteiger partial charge in [-0.2, -0.15) is 9.40 Å². The Labute approximate surface area is 119 Å². The number of sulfonamides is 1. The van der Waals surface area contributed by atoms with Crippen molar-refractivity contribution in [1.29, 1.82) is 0 Å². The summed E-state index contributed by atoms with van der Waals surface area (Å²) in [6.07, 6.45) is 7.77. The maximum atomic E-state index is 12.7. The molecule has 110 valence electrons. The summed E-state index contributed by atoms with van der Waals surface area (Å²) in [5.74, 6) is 2.84. The first kappa shape index (κ1) is 12.8. The zero-order chi connectivity index (χ0) is 13.9. The molecule has 4 aliphatic carbocycles. The van der Waals surface area contributed by atoms with Crippen molar-refractivity contribution in [3.63, 3.8) is 0 Å². The molecule has 1 heterocycles. The molecule has 5 nitrogen and oxygen atoms in total. The molecule has 6 heteroatoms. The Bertz CT molecular complexity index is 568. The molecular weight excluding hydrogens is 274 g/mol. The number of H-pyrrole nitrogens is 1. The number of rotatable bonds is 3. The maximum absolute atomic E-state index is 12.7. The highest BCUT2D eigenvalue weighted by Crippen LogP contribution is 2.55. The summed E-state index contributed by atoms with van der Waals surface area (Å²) < 4.78 is 27.0. The Hall–Kier alpha value is -0.880. The quantitative estimate of drug-likeness (QED) is 0.925. The van der Waals surface area contributed by atoms with Crippen molar-refractivity contribution in [2.45, 2.75) is 43.2 Å². The molecule has 4 saturated carbocycles. The average Bonchev–Trinajstić information content (AvgIpc) is 2.91. The lowest BCUT2D eigenvalue weighted by molar-refractivity contribution is -0.0351. The van der Waals surface area contributed by atoms with Crippen LogP contribution in [0.1, 0.15) is 32.1 Å². The van der Waals surface area contributed by atoms with Gasteiger partial charge in [-0.15, -0.1) is 0 Å². The van der Waals surface area contributed by atoms with Crippen molar-refractivity contribution in [2.75, 3.05) is 7.05 Å². The van der Waals surface area contributed by atoms with E-state index in [4.69, 9.17) is 0 Å². The lowest BCUT2D eigenvalue weighted by atomic mass is 9.54. The van der Waals surface area contributed by atoms with Gasteiger partial charge in [0.1, 0.15) is 0 Å². The Morgan fingerprint density at radius 2 is 1.75 bits per heavy atom. The summed E-state index contributed by atoms with van der Waals surface area (Å²) in [5.41, 5.74) is 0. The molecule has 4 aliphatic rings. The van der Waals surface area contributed by atoms with E-state index in [0.29, 0.717) is 11.8 Å². The van der Waals surface area contributed by atoms with Crippen molar-refractivity contribution >= 4 is 10.0 Å². The molecule has 1 aromatic heterocycles. The van der Waals surface area contributed by atoms with E-state index < -0.39 is 10.0 Å². The molecule has 0 aliphatic heterocycles. The Morgan fingerprint density at radius 3 is 2.25 bits per heavy atom. The zero-order valence-electron chi connectivity index (χ0n) is 11.7. The summed E-state index contributed by atoms with van der Waals surface area (Å²) in [7, 11) is -1.67. The van der Waals surface area contributed by atoms with E-state index in [-0.39, 0.29) is 11.1 Å². The zero-order valence-corrected chi connectivity index (χ0v) is 12.5. The number of hydrogen-bond donors (Lipinski definition) is 1. The van der Waals surface area contributed by atoms with Crippen molar-refractivity contribution < 1.29 is 8.42 Å². The van der Waals surface area contributed by atoms with Crippen LogP contribution in [-0.2, 0) is 10.0 Å². The van der Waals surface area contributed by atoms with Crippen LogP contribution in [0.2, 0.25) is 0 Å². The van der Waals surface area contributed by atoms with E-state index in [9.17, 15) is 8.42 Å². The second-order valence-corrected chi connectivity index (χ2v) is 8.83.